The molecule has 33 heavy (non-hydrogen) atoms. The van der Waals surface area contributed by atoms with Crippen molar-refractivity contribution in [1.82, 2.24) is 0 Å². The number of amides is 1. The molecule has 1 aromatic heterocycles. The molecule has 0 bridgehead atoms. The van der Waals surface area contributed by atoms with Gasteiger partial charge in [0.15, 0.2) is 6.17 Å². The number of carbonyl (C=O) groups excluding carboxylic acids is 1. The van der Waals surface area contributed by atoms with E-state index in [-0.39, 0.29) is 5.91 Å². The number of halogens is 2. The molecule has 0 fully saturated rings. The molecular weight excluding hydrogens is 595 g/mol. The van der Waals surface area contributed by atoms with Gasteiger partial charge in [0.2, 0.25) is 0 Å². The van der Waals surface area contributed by atoms with Crippen LogP contribution in [0, 0.1) is 3.57 Å². The minimum atomic E-state index is -0.493. The molecule has 4 aromatic rings. The van der Waals surface area contributed by atoms with Gasteiger partial charge in [-0.2, -0.15) is 0 Å². The van der Waals surface area contributed by atoms with E-state index >= 15 is 0 Å². The molecule has 1 atom stereocenters. The molecule has 166 valence electrons. The summed E-state index contributed by atoms with van der Waals surface area (Å²) in [6, 6.07) is 25.2. The van der Waals surface area contributed by atoms with E-state index in [4.69, 9.17) is 9.15 Å². The monoisotopic (exact) mass is 614 g/mol. The molecule has 1 N–H and O–H groups in total. The van der Waals surface area contributed by atoms with Crippen molar-refractivity contribution in [1.29, 1.82) is 0 Å². The summed E-state index contributed by atoms with van der Waals surface area (Å²) in [5, 5.41) is 3.50. The number of nitrogens with zero attached hydrogens (tertiary/aromatic N) is 1. The zero-order valence-electron chi connectivity index (χ0n) is 17.7. The Labute approximate surface area is 214 Å². The van der Waals surface area contributed by atoms with Crippen molar-refractivity contribution >= 4 is 55.8 Å². The number of fused-ring (bicyclic) bond motifs is 1. The van der Waals surface area contributed by atoms with Crippen LogP contribution in [0.1, 0.15) is 29.2 Å². The van der Waals surface area contributed by atoms with E-state index in [0.29, 0.717) is 17.9 Å². The number of hydrogen-bond acceptors (Lipinski definition) is 4. The van der Waals surface area contributed by atoms with Gasteiger partial charge in [-0.1, -0.05) is 28.1 Å². The molecule has 1 amide bonds. The largest absolute Gasteiger partial charge is 0.494 e. The molecule has 5 rings (SSSR count). The molecule has 0 unspecified atom stereocenters. The van der Waals surface area contributed by atoms with Crippen LogP contribution in [0.2, 0.25) is 0 Å². The number of nitrogens with one attached hydrogen (secondary N) is 1. The maximum Gasteiger partial charge on any atom is 0.262 e. The van der Waals surface area contributed by atoms with Crippen LogP contribution >= 0.6 is 38.5 Å². The molecule has 0 spiro atoms. The summed E-state index contributed by atoms with van der Waals surface area (Å²) < 4.78 is 13.8. The van der Waals surface area contributed by atoms with Gasteiger partial charge in [-0.25, -0.2) is 0 Å². The highest BCUT2D eigenvalue weighted by Crippen LogP contribution is 2.39. The van der Waals surface area contributed by atoms with Crippen LogP contribution in [0.15, 0.2) is 87.8 Å². The van der Waals surface area contributed by atoms with Crippen LogP contribution in [-0.4, -0.2) is 12.5 Å². The van der Waals surface area contributed by atoms with Crippen LogP contribution in [0.5, 0.6) is 5.75 Å². The van der Waals surface area contributed by atoms with Gasteiger partial charge in [-0.3, -0.25) is 9.69 Å². The SMILES string of the molecule is CCOc1ccc(N2C(=O)c3cc(I)ccc3N[C@@H]2c2ccc(-c3ccc(Br)cc3)o2)cc1. The van der Waals surface area contributed by atoms with Gasteiger partial charge in [0.05, 0.1) is 12.2 Å². The molecule has 1 aliphatic rings. The Morgan fingerprint density at radius 2 is 1.79 bits per heavy atom. The number of hydrogen-bond donors (Lipinski definition) is 1. The highest BCUT2D eigenvalue weighted by atomic mass is 127. The summed E-state index contributed by atoms with van der Waals surface area (Å²) in [5.74, 6) is 2.07. The summed E-state index contributed by atoms with van der Waals surface area (Å²) in [6.45, 7) is 2.53. The van der Waals surface area contributed by atoms with E-state index < -0.39 is 6.17 Å². The highest BCUT2D eigenvalue weighted by molar-refractivity contribution is 14.1. The number of furan rings is 1. The van der Waals surface area contributed by atoms with Gasteiger partial charge >= 0.3 is 0 Å². The Morgan fingerprint density at radius 3 is 2.52 bits per heavy atom. The third-order valence-corrected chi connectivity index (χ3v) is 6.63. The molecular formula is C26H20BrIN2O3. The summed E-state index contributed by atoms with van der Waals surface area (Å²) in [4.78, 5) is 15.4. The molecule has 0 aliphatic carbocycles. The highest BCUT2D eigenvalue weighted by Gasteiger charge is 2.36. The Kier molecular flexibility index (Phi) is 6.16. The van der Waals surface area contributed by atoms with Crippen molar-refractivity contribution in [2.75, 3.05) is 16.8 Å². The first-order valence-corrected chi connectivity index (χ1v) is 12.4. The third kappa shape index (κ3) is 4.39. The molecule has 0 saturated carbocycles. The van der Waals surface area contributed by atoms with Gasteiger partial charge in [-0.05, 0) is 96.2 Å². The lowest BCUT2D eigenvalue weighted by Crippen LogP contribution is -2.43. The van der Waals surface area contributed by atoms with Crippen LogP contribution in [0.4, 0.5) is 11.4 Å². The summed E-state index contributed by atoms with van der Waals surface area (Å²) in [7, 11) is 0. The number of anilines is 2. The van der Waals surface area contributed by atoms with Crippen molar-refractivity contribution in [2.45, 2.75) is 13.1 Å². The van der Waals surface area contributed by atoms with E-state index in [9.17, 15) is 4.79 Å². The first-order valence-electron chi connectivity index (χ1n) is 10.5. The van der Waals surface area contributed by atoms with E-state index in [2.05, 4.69) is 43.8 Å². The van der Waals surface area contributed by atoms with Crippen molar-refractivity contribution in [2.24, 2.45) is 0 Å². The van der Waals surface area contributed by atoms with Crippen LogP contribution < -0.4 is 15.0 Å². The van der Waals surface area contributed by atoms with Crippen molar-refractivity contribution in [3.63, 3.8) is 0 Å². The number of benzene rings is 3. The lowest BCUT2D eigenvalue weighted by Gasteiger charge is -2.37. The summed E-state index contributed by atoms with van der Waals surface area (Å²) in [5.41, 5.74) is 3.14. The topological polar surface area (TPSA) is 54.7 Å². The molecule has 3 aromatic carbocycles. The predicted molar refractivity (Wildman–Crippen MR) is 142 cm³/mol. The van der Waals surface area contributed by atoms with E-state index in [0.717, 1.165) is 36.5 Å². The average Bonchev–Trinajstić information content (AvgIpc) is 3.31. The summed E-state index contributed by atoms with van der Waals surface area (Å²) in [6.07, 6.45) is -0.493. The number of rotatable bonds is 5. The second-order valence-electron chi connectivity index (χ2n) is 7.55. The van der Waals surface area contributed by atoms with Crippen molar-refractivity contribution < 1.29 is 13.9 Å². The molecule has 2 heterocycles. The Morgan fingerprint density at radius 1 is 1.03 bits per heavy atom. The Bertz CT molecular complexity index is 1300. The maximum absolute atomic E-state index is 13.7. The van der Waals surface area contributed by atoms with Crippen LogP contribution in [0.25, 0.3) is 11.3 Å². The maximum atomic E-state index is 13.7. The predicted octanol–water partition coefficient (Wildman–Crippen LogP) is 7.48. The van der Waals surface area contributed by atoms with Gasteiger partial charge in [0.25, 0.3) is 5.91 Å². The van der Waals surface area contributed by atoms with Crippen molar-refractivity contribution in [3.05, 3.63) is 98.2 Å². The normalized spacial score (nSPS) is 15.2. The smallest absolute Gasteiger partial charge is 0.262 e. The number of ether oxygens (including phenoxy) is 1. The van der Waals surface area contributed by atoms with Gasteiger partial charge in [0.1, 0.15) is 17.3 Å². The van der Waals surface area contributed by atoms with Gasteiger partial charge < -0.3 is 14.5 Å². The standard InChI is InChI=1S/C26H20BrIN2O3/c1-2-32-20-10-8-19(9-11-20)30-25(29-22-12-7-18(28)15-21(22)26(30)31)24-14-13-23(33-24)16-3-5-17(27)6-4-16/h3-15,25,29H,2H2,1H3/t25-/m0/s1. The minimum Gasteiger partial charge on any atom is -0.494 e. The van der Waals surface area contributed by atoms with Gasteiger partial charge in [-0.15, -0.1) is 0 Å². The summed E-state index contributed by atoms with van der Waals surface area (Å²) >= 11 is 5.69. The molecule has 1 aliphatic heterocycles. The fourth-order valence-corrected chi connectivity index (χ4v) is 4.64. The molecule has 5 nitrogen and oxygen atoms in total. The quantitative estimate of drug-likeness (QED) is 0.237. The first kappa shape index (κ1) is 22.0. The third-order valence-electron chi connectivity index (χ3n) is 5.43. The fourth-order valence-electron chi connectivity index (χ4n) is 3.88. The Hall–Kier alpha value is -2.78. The fraction of sp³-hybridized carbons (Fsp3) is 0.115. The number of carbonyl (C=O) groups is 1. The van der Waals surface area contributed by atoms with Crippen LogP contribution in [-0.2, 0) is 0 Å². The lowest BCUT2D eigenvalue weighted by molar-refractivity contribution is 0.0971. The zero-order valence-corrected chi connectivity index (χ0v) is 21.5. The molecule has 0 saturated heterocycles. The first-order chi connectivity index (χ1) is 16.0. The average molecular weight is 615 g/mol. The molecule has 7 heteroatoms. The Balaban J connectivity index is 1.56. The van der Waals surface area contributed by atoms with E-state index in [1.807, 2.05) is 85.8 Å². The van der Waals surface area contributed by atoms with Crippen molar-refractivity contribution in [3.8, 4) is 17.1 Å². The second kappa shape index (κ2) is 9.23. The lowest BCUT2D eigenvalue weighted by atomic mass is 10.1. The van der Waals surface area contributed by atoms with Crippen LogP contribution in [0.3, 0.4) is 0 Å². The second-order valence-corrected chi connectivity index (χ2v) is 9.71. The zero-order chi connectivity index (χ0) is 22.9. The molecule has 0 radical (unpaired) electrons. The minimum absolute atomic E-state index is 0.0852. The van der Waals surface area contributed by atoms with E-state index in [1.54, 1.807) is 4.90 Å². The van der Waals surface area contributed by atoms with Gasteiger partial charge in [0, 0.05) is 25.0 Å². The van der Waals surface area contributed by atoms with E-state index in [1.165, 1.54) is 0 Å².